The molecule has 5 atom stereocenters. The first-order chi connectivity index (χ1) is 11.7. The average molecular weight is 356 g/mol. The highest BCUT2D eigenvalue weighted by atomic mass is 16.7. The molecule has 1 aliphatic heterocycles. The Labute approximate surface area is 140 Å². The minimum atomic E-state index is -1.35. The fourth-order valence-corrected chi connectivity index (χ4v) is 2.43. The zero-order valence-corrected chi connectivity index (χ0v) is 13.5. The van der Waals surface area contributed by atoms with Gasteiger partial charge in [0.15, 0.2) is 6.29 Å². The van der Waals surface area contributed by atoms with Crippen LogP contribution in [0.5, 0.6) is 0 Å². The zero-order valence-electron chi connectivity index (χ0n) is 13.5. The van der Waals surface area contributed by atoms with Crippen LogP contribution in [0.4, 0.5) is 0 Å². The molecular formula is C14H28O10. The molecule has 10 heteroatoms. The summed E-state index contributed by atoms with van der Waals surface area (Å²) in [4.78, 5) is 0. The van der Waals surface area contributed by atoms with Crippen LogP contribution >= 0.6 is 0 Å². The minimum Gasteiger partial charge on any atom is -0.394 e. The average Bonchev–Trinajstić information content (AvgIpc) is 2.58. The lowest BCUT2D eigenvalue weighted by Gasteiger charge is -2.44. The second kappa shape index (κ2) is 12.9. The van der Waals surface area contributed by atoms with Crippen LogP contribution in [0.1, 0.15) is 0 Å². The lowest BCUT2D eigenvalue weighted by Crippen LogP contribution is -2.61. The van der Waals surface area contributed by atoms with Crippen LogP contribution in [0.3, 0.4) is 0 Å². The summed E-state index contributed by atoms with van der Waals surface area (Å²) in [5.74, 6) is 0. The summed E-state index contributed by atoms with van der Waals surface area (Å²) >= 11 is 0. The second-order valence-corrected chi connectivity index (χ2v) is 5.04. The van der Waals surface area contributed by atoms with Crippen molar-refractivity contribution in [1.29, 1.82) is 0 Å². The molecule has 5 N–H and O–H groups in total. The molecule has 0 bridgehead atoms. The molecule has 1 aliphatic rings. The quantitative estimate of drug-likeness (QED) is 0.214. The molecule has 1 rings (SSSR count). The molecule has 0 radical (unpaired) electrons. The van der Waals surface area contributed by atoms with Crippen LogP contribution in [0.15, 0.2) is 0 Å². The minimum absolute atomic E-state index is 0.00628. The van der Waals surface area contributed by atoms with E-state index in [0.29, 0.717) is 0 Å². The van der Waals surface area contributed by atoms with Crippen molar-refractivity contribution in [2.24, 2.45) is 0 Å². The number of rotatable bonds is 13. The predicted molar refractivity (Wildman–Crippen MR) is 79.3 cm³/mol. The van der Waals surface area contributed by atoms with Gasteiger partial charge in [-0.15, -0.1) is 0 Å². The largest absolute Gasteiger partial charge is 0.394 e. The fraction of sp³-hybridized carbons (Fsp3) is 1.00. The first-order valence-electron chi connectivity index (χ1n) is 7.89. The monoisotopic (exact) mass is 356 g/mol. The summed E-state index contributed by atoms with van der Waals surface area (Å²) < 4.78 is 27.2. The van der Waals surface area contributed by atoms with Crippen LogP contribution in [0.25, 0.3) is 0 Å². The summed E-state index contributed by atoms with van der Waals surface area (Å²) in [6.45, 7) is -0.801. The Morgan fingerprint density at radius 1 is 0.667 bits per heavy atom. The van der Waals surface area contributed by atoms with E-state index in [1.54, 1.807) is 0 Å². The van der Waals surface area contributed by atoms with Crippen LogP contribution < -0.4 is 0 Å². The molecule has 1 saturated heterocycles. The number of aliphatic hydroxyl groups excluding tert-OH is 5. The molecule has 0 spiro atoms. The summed E-state index contributed by atoms with van der Waals surface area (Å²) in [7, 11) is 0. The molecule has 0 aromatic heterocycles. The second-order valence-electron chi connectivity index (χ2n) is 5.04. The van der Waals surface area contributed by atoms with E-state index in [-0.39, 0.29) is 59.5 Å². The first-order valence-corrected chi connectivity index (χ1v) is 7.89. The highest BCUT2D eigenvalue weighted by molar-refractivity contribution is 4.92. The first kappa shape index (κ1) is 21.6. The third kappa shape index (κ3) is 6.84. The van der Waals surface area contributed by atoms with E-state index < -0.39 is 30.7 Å². The van der Waals surface area contributed by atoms with Gasteiger partial charge in [0.2, 0.25) is 0 Å². The molecule has 1 fully saturated rings. The van der Waals surface area contributed by atoms with Gasteiger partial charge >= 0.3 is 0 Å². The van der Waals surface area contributed by atoms with Gasteiger partial charge in [0.25, 0.3) is 0 Å². The molecule has 0 aromatic rings. The third-order valence-corrected chi connectivity index (χ3v) is 3.33. The summed E-state index contributed by atoms with van der Waals surface area (Å²) in [5, 5.41) is 45.8. The van der Waals surface area contributed by atoms with E-state index in [4.69, 9.17) is 44.1 Å². The van der Waals surface area contributed by atoms with Crippen LogP contribution in [-0.4, -0.2) is 116 Å². The van der Waals surface area contributed by atoms with Gasteiger partial charge in [0.05, 0.1) is 59.5 Å². The van der Waals surface area contributed by atoms with Crippen molar-refractivity contribution < 1.29 is 49.2 Å². The molecule has 144 valence electrons. The van der Waals surface area contributed by atoms with E-state index in [1.807, 2.05) is 0 Å². The number of hydrogen-bond donors (Lipinski definition) is 5. The van der Waals surface area contributed by atoms with Crippen molar-refractivity contribution in [2.75, 3.05) is 59.5 Å². The Kier molecular flexibility index (Phi) is 11.6. The van der Waals surface area contributed by atoms with Gasteiger partial charge in [0.1, 0.15) is 24.4 Å². The molecule has 0 aliphatic carbocycles. The van der Waals surface area contributed by atoms with Crippen molar-refractivity contribution in [3.63, 3.8) is 0 Å². The Bertz CT molecular complexity index is 305. The SMILES string of the molecule is OCCOC[C@H]1O[C@@H](O)C(OCCO)C(OCCO)C1OCCO. The maximum Gasteiger partial charge on any atom is 0.184 e. The Balaban J connectivity index is 2.84. The van der Waals surface area contributed by atoms with E-state index in [1.165, 1.54) is 0 Å². The summed E-state index contributed by atoms with van der Waals surface area (Å²) in [5.41, 5.74) is 0. The van der Waals surface area contributed by atoms with E-state index >= 15 is 0 Å². The normalized spacial score (nSPS) is 30.6. The molecule has 0 amide bonds. The smallest absolute Gasteiger partial charge is 0.184 e. The fourth-order valence-electron chi connectivity index (χ4n) is 2.43. The van der Waals surface area contributed by atoms with Crippen LogP contribution in [0.2, 0.25) is 0 Å². The van der Waals surface area contributed by atoms with Gasteiger partial charge < -0.3 is 49.2 Å². The van der Waals surface area contributed by atoms with Gasteiger partial charge in [-0.2, -0.15) is 0 Å². The van der Waals surface area contributed by atoms with Crippen molar-refractivity contribution >= 4 is 0 Å². The van der Waals surface area contributed by atoms with Gasteiger partial charge in [-0.25, -0.2) is 0 Å². The topological polar surface area (TPSA) is 147 Å². The molecule has 0 saturated carbocycles. The van der Waals surface area contributed by atoms with Gasteiger partial charge in [0, 0.05) is 0 Å². The Morgan fingerprint density at radius 3 is 1.71 bits per heavy atom. The standard InChI is InChI=1S/C14H28O10/c15-1-5-20-9-10-11(21-6-2-16)12(22-7-3-17)13(14(19)24-10)23-8-4-18/h10-19H,1-9H2/t10-,11?,12?,13?,14-/m1/s1. The molecule has 1 heterocycles. The molecule has 3 unspecified atom stereocenters. The number of aliphatic hydroxyl groups is 5. The maximum absolute atomic E-state index is 10.2. The van der Waals surface area contributed by atoms with Crippen molar-refractivity contribution in [1.82, 2.24) is 0 Å². The molecule has 10 nitrogen and oxygen atoms in total. The van der Waals surface area contributed by atoms with Crippen molar-refractivity contribution in [3.8, 4) is 0 Å². The molecule has 0 aromatic carbocycles. The molecule has 24 heavy (non-hydrogen) atoms. The highest BCUT2D eigenvalue weighted by Gasteiger charge is 2.47. The maximum atomic E-state index is 10.2. The predicted octanol–water partition coefficient (Wildman–Crippen LogP) is -3.15. The lowest BCUT2D eigenvalue weighted by molar-refractivity contribution is -0.313. The van der Waals surface area contributed by atoms with Gasteiger partial charge in [-0.05, 0) is 0 Å². The Hall–Kier alpha value is -0.400. The van der Waals surface area contributed by atoms with Crippen molar-refractivity contribution in [3.05, 3.63) is 0 Å². The zero-order chi connectivity index (χ0) is 17.8. The molecular weight excluding hydrogens is 328 g/mol. The number of ether oxygens (including phenoxy) is 5. The highest BCUT2D eigenvalue weighted by Crippen LogP contribution is 2.27. The van der Waals surface area contributed by atoms with Crippen LogP contribution in [-0.2, 0) is 23.7 Å². The van der Waals surface area contributed by atoms with Gasteiger partial charge in [-0.3, -0.25) is 0 Å². The summed E-state index contributed by atoms with van der Waals surface area (Å²) in [6.07, 6.45) is -4.56. The summed E-state index contributed by atoms with van der Waals surface area (Å²) in [6, 6.07) is 0. The lowest BCUT2D eigenvalue weighted by atomic mass is 9.98. The van der Waals surface area contributed by atoms with E-state index in [9.17, 15) is 5.11 Å². The van der Waals surface area contributed by atoms with E-state index in [0.717, 1.165) is 0 Å². The third-order valence-electron chi connectivity index (χ3n) is 3.33. The van der Waals surface area contributed by atoms with Crippen LogP contribution in [0, 0.1) is 0 Å². The Morgan fingerprint density at radius 2 is 1.17 bits per heavy atom. The van der Waals surface area contributed by atoms with Gasteiger partial charge in [-0.1, -0.05) is 0 Å². The number of hydrogen-bond acceptors (Lipinski definition) is 10. The van der Waals surface area contributed by atoms with E-state index in [2.05, 4.69) is 0 Å². The van der Waals surface area contributed by atoms with Crippen molar-refractivity contribution in [2.45, 2.75) is 30.7 Å².